The van der Waals surface area contributed by atoms with E-state index in [1.54, 1.807) is 0 Å². The lowest BCUT2D eigenvalue weighted by molar-refractivity contribution is 1.24. The molecule has 0 amide bonds. The molecule has 74 valence electrons. The van der Waals surface area contributed by atoms with E-state index in [1.807, 2.05) is 30.3 Å². The second-order valence-electron chi connectivity index (χ2n) is 3.10. The van der Waals surface area contributed by atoms with E-state index in [1.165, 1.54) is 0 Å². The summed E-state index contributed by atoms with van der Waals surface area (Å²) in [6.07, 6.45) is 0. The maximum atomic E-state index is 11.6. The number of fused-ring (bicyclic) bond motifs is 1. The number of aromatic nitrogens is 1. The van der Waals surface area contributed by atoms with Crippen LogP contribution >= 0.6 is 22.6 Å². The highest BCUT2D eigenvalue weighted by molar-refractivity contribution is 14.1. The molecule has 4 heteroatoms. The number of nitriles is 1. The van der Waals surface area contributed by atoms with E-state index < -0.39 is 0 Å². The SMILES string of the molecule is N#Cc1c(CI)c2ccccc2[nH]c1=O. The highest BCUT2D eigenvalue weighted by Crippen LogP contribution is 2.20. The zero-order valence-corrected chi connectivity index (χ0v) is 9.91. The van der Waals surface area contributed by atoms with Gasteiger partial charge in [-0.05, 0) is 11.6 Å². The molecule has 1 N–H and O–H groups in total. The van der Waals surface area contributed by atoms with E-state index in [-0.39, 0.29) is 11.1 Å². The number of benzene rings is 1. The summed E-state index contributed by atoms with van der Waals surface area (Å²) in [7, 11) is 0. The summed E-state index contributed by atoms with van der Waals surface area (Å²) in [6.45, 7) is 0. The molecule has 15 heavy (non-hydrogen) atoms. The molecule has 2 aromatic rings. The Morgan fingerprint density at radius 2 is 2.13 bits per heavy atom. The minimum Gasteiger partial charge on any atom is -0.321 e. The topological polar surface area (TPSA) is 56.6 Å². The van der Waals surface area contributed by atoms with Gasteiger partial charge in [0.05, 0.1) is 0 Å². The molecule has 0 bridgehead atoms. The summed E-state index contributed by atoms with van der Waals surface area (Å²) in [5, 5.41) is 9.86. The molecule has 1 heterocycles. The van der Waals surface area contributed by atoms with Gasteiger partial charge < -0.3 is 4.98 Å². The van der Waals surface area contributed by atoms with Crippen LogP contribution in [0.3, 0.4) is 0 Å². The molecule has 1 aromatic heterocycles. The van der Waals surface area contributed by atoms with Crippen LogP contribution in [-0.2, 0) is 4.43 Å². The lowest BCUT2D eigenvalue weighted by atomic mass is 10.1. The van der Waals surface area contributed by atoms with E-state index in [0.717, 1.165) is 16.5 Å². The third-order valence-corrected chi connectivity index (χ3v) is 3.04. The zero-order valence-electron chi connectivity index (χ0n) is 7.75. The van der Waals surface area contributed by atoms with Gasteiger partial charge in [-0.2, -0.15) is 5.26 Å². The summed E-state index contributed by atoms with van der Waals surface area (Å²) in [4.78, 5) is 14.3. The van der Waals surface area contributed by atoms with Gasteiger partial charge in [0.25, 0.3) is 5.56 Å². The molecule has 3 nitrogen and oxygen atoms in total. The van der Waals surface area contributed by atoms with Crippen molar-refractivity contribution in [2.24, 2.45) is 0 Å². The average molecular weight is 310 g/mol. The van der Waals surface area contributed by atoms with Crippen LogP contribution in [-0.4, -0.2) is 4.98 Å². The van der Waals surface area contributed by atoms with E-state index in [2.05, 4.69) is 27.6 Å². The molecule has 0 fully saturated rings. The van der Waals surface area contributed by atoms with Crippen LogP contribution < -0.4 is 5.56 Å². The van der Waals surface area contributed by atoms with Gasteiger partial charge in [-0.25, -0.2) is 0 Å². The van der Waals surface area contributed by atoms with E-state index in [0.29, 0.717) is 4.43 Å². The van der Waals surface area contributed by atoms with Gasteiger partial charge in [0.2, 0.25) is 0 Å². The van der Waals surface area contributed by atoms with Crippen molar-refractivity contribution in [3.8, 4) is 6.07 Å². The number of aromatic amines is 1. The number of H-pyrrole nitrogens is 1. The van der Waals surface area contributed by atoms with Gasteiger partial charge in [-0.3, -0.25) is 4.79 Å². The average Bonchev–Trinajstić information content (AvgIpc) is 2.27. The quantitative estimate of drug-likeness (QED) is 0.649. The predicted octanol–water partition coefficient (Wildman–Crippen LogP) is 2.33. The number of hydrogen-bond acceptors (Lipinski definition) is 2. The van der Waals surface area contributed by atoms with Gasteiger partial charge in [0.1, 0.15) is 11.6 Å². The van der Waals surface area contributed by atoms with E-state index in [9.17, 15) is 4.79 Å². The van der Waals surface area contributed by atoms with Gasteiger partial charge in [-0.15, -0.1) is 0 Å². The van der Waals surface area contributed by atoms with Crippen LogP contribution in [0, 0.1) is 11.3 Å². The molecule has 0 aliphatic carbocycles. The van der Waals surface area contributed by atoms with Crippen LogP contribution in [0.2, 0.25) is 0 Å². The minimum atomic E-state index is -0.303. The van der Waals surface area contributed by atoms with E-state index in [4.69, 9.17) is 5.26 Å². The fraction of sp³-hybridized carbons (Fsp3) is 0.0909. The molecule has 0 saturated carbocycles. The third-order valence-electron chi connectivity index (χ3n) is 2.27. The first-order valence-corrected chi connectivity index (χ1v) is 5.90. The summed E-state index contributed by atoms with van der Waals surface area (Å²) in [5.41, 5.74) is 1.52. The molecule has 0 aliphatic rings. The number of nitrogens with one attached hydrogen (secondary N) is 1. The third kappa shape index (κ3) is 1.63. The molecule has 0 radical (unpaired) electrons. The Morgan fingerprint density at radius 1 is 1.40 bits per heavy atom. The first-order valence-electron chi connectivity index (χ1n) is 4.38. The molecule has 2 rings (SSSR count). The van der Waals surface area contributed by atoms with Crippen molar-refractivity contribution in [2.75, 3.05) is 0 Å². The Bertz CT molecular complexity index is 610. The fourth-order valence-electron chi connectivity index (χ4n) is 1.57. The maximum absolute atomic E-state index is 11.6. The zero-order chi connectivity index (χ0) is 10.8. The van der Waals surface area contributed by atoms with Crippen molar-refractivity contribution in [2.45, 2.75) is 4.43 Å². The molecule has 0 spiro atoms. The number of alkyl halides is 1. The van der Waals surface area contributed by atoms with Crippen molar-refractivity contribution in [3.05, 3.63) is 45.7 Å². The second kappa shape index (κ2) is 4.03. The smallest absolute Gasteiger partial charge is 0.266 e. The first kappa shape index (κ1) is 10.2. The normalized spacial score (nSPS) is 10.1. The minimum absolute atomic E-state index is 0.225. The summed E-state index contributed by atoms with van der Waals surface area (Å²) in [6, 6.07) is 9.48. The van der Waals surface area contributed by atoms with Gasteiger partial charge in [-0.1, -0.05) is 40.8 Å². The molecular formula is C11H7IN2O. The van der Waals surface area contributed by atoms with Crippen molar-refractivity contribution in [3.63, 3.8) is 0 Å². The Balaban J connectivity index is 2.99. The number of halogens is 1. The summed E-state index contributed by atoms with van der Waals surface area (Å²) in [5.74, 6) is 0. The number of nitrogens with zero attached hydrogens (tertiary/aromatic N) is 1. The number of pyridine rings is 1. The standard InChI is InChI=1S/C11H7IN2O/c12-5-8-7-3-1-2-4-10(7)14-11(15)9(8)6-13/h1-4H,5H2,(H,14,15). The molecular weight excluding hydrogens is 303 g/mol. The van der Waals surface area contributed by atoms with Crippen molar-refractivity contribution < 1.29 is 0 Å². The van der Waals surface area contributed by atoms with Crippen LogP contribution in [0.4, 0.5) is 0 Å². The molecule has 0 unspecified atom stereocenters. The van der Waals surface area contributed by atoms with Gasteiger partial charge in [0.15, 0.2) is 0 Å². The lowest BCUT2D eigenvalue weighted by Crippen LogP contribution is -2.13. The predicted molar refractivity (Wildman–Crippen MR) is 67.0 cm³/mol. The molecule has 1 aromatic carbocycles. The first-order chi connectivity index (χ1) is 7.27. The summed E-state index contributed by atoms with van der Waals surface area (Å²) >= 11 is 2.16. The van der Waals surface area contributed by atoms with Crippen LogP contribution in [0.1, 0.15) is 11.1 Å². The second-order valence-corrected chi connectivity index (χ2v) is 3.86. The van der Waals surface area contributed by atoms with Crippen molar-refractivity contribution in [1.82, 2.24) is 4.98 Å². The summed E-state index contributed by atoms with van der Waals surface area (Å²) < 4.78 is 0.658. The molecule has 0 saturated heterocycles. The lowest BCUT2D eigenvalue weighted by Gasteiger charge is -2.04. The van der Waals surface area contributed by atoms with Crippen LogP contribution in [0.15, 0.2) is 29.1 Å². The molecule has 0 aliphatic heterocycles. The Kier molecular flexibility index (Phi) is 2.73. The molecule has 0 atom stereocenters. The van der Waals surface area contributed by atoms with Crippen LogP contribution in [0.25, 0.3) is 10.9 Å². The Hall–Kier alpha value is -1.35. The largest absolute Gasteiger partial charge is 0.321 e. The number of rotatable bonds is 1. The fourth-order valence-corrected chi connectivity index (χ4v) is 2.36. The van der Waals surface area contributed by atoms with Crippen molar-refractivity contribution in [1.29, 1.82) is 5.26 Å². The maximum Gasteiger partial charge on any atom is 0.266 e. The van der Waals surface area contributed by atoms with E-state index >= 15 is 0 Å². The Morgan fingerprint density at radius 3 is 2.80 bits per heavy atom. The highest BCUT2D eigenvalue weighted by atomic mass is 127. The number of hydrogen-bond donors (Lipinski definition) is 1. The van der Waals surface area contributed by atoms with Gasteiger partial charge >= 0.3 is 0 Å². The highest BCUT2D eigenvalue weighted by Gasteiger charge is 2.10. The monoisotopic (exact) mass is 310 g/mol. The van der Waals surface area contributed by atoms with Crippen molar-refractivity contribution >= 4 is 33.5 Å². The Labute approximate surface area is 99.9 Å². The number of para-hydroxylation sites is 1. The van der Waals surface area contributed by atoms with Crippen LogP contribution in [0.5, 0.6) is 0 Å². The van der Waals surface area contributed by atoms with Gasteiger partial charge in [0, 0.05) is 15.3 Å².